The fourth-order valence-corrected chi connectivity index (χ4v) is 2.95. The highest BCUT2D eigenvalue weighted by Crippen LogP contribution is 2.32. The lowest BCUT2D eigenvalue weighted by Gasteiger charge is -2.34. The van der Waals surface area contributed by atoms with E-state index in [0.717, 1.165) is 62.8 Å². The van der Waals surface area contributed by atoms with Gasteiger partial charge in [-0.25, -0.2) is 4.79 Å². The zero-order valence-electron chi connectivity index (χ0n) is 14.1. The highest BCUT2D eigenvalue weighted by atomic mass is 16.7. The zero-order valence-corrected chi connectivity index (χ0v) is 14.1. The monoisotopic (exact) mass is 335 g/mol. The van der Waals surface area contributed by atoms with Crippen LogP contribution in [0.2, 0.25) is 0 Å². The molecule has 0 saturated carbocycles. The second-order valence-corrected chi connectivity index (χ2v) is 6.02. The van der Waals surface area contributed by atoms with Crippen LogP contribution in [0.1, 0.15) is 12.0 Å². The van der Waals surface area contributed by atoms with E-state index in [9.17, 15) is 4.79 Å². The summed E-state index contributed by atoms with van der Waals surface area (Å²) in [4.78, 5) is 16.5. The Labute approximate surface area is 142 Å². The minimum absolute atomic E-state index is 0.00999. The minimum atomic E-state index is -0.00999. The number of nitrogens with one attached hydrogen (secondary N) is 1. The second kappa shape index (κ2) is 8.21. The van der Waals surface area contributed by atoms with E-state index in [1.807, 2.05) is 23.1 Å². The molecular weight excluding hydrogens is 310 g/mol. The third-order valence-corrected chi connectivity index (χ3v) is 4.36. The summed E-state index contributed by atoms with van der Waals surface area (Å²) < 4.78 is 15.7. The molecule has 3 rings (SSSR count). The third kappa shape index (κ3) is 4.30. The number of carbonyl (C=O) groups excluding carboxylic acids is 1. The Morgan fingerprint density at radius 2 is 2.00 bits per heavy atom. The van der Waals surface area contributed by atoms with Gasteiger partial charge in [-0.05, 0) is 24.1 Å². The lowest BCUT2D eigenvalue weighted by molar-refractivity contribution is 0.125. The molecule has 0 radical (unpaired) electrons. The van der Waals surface area contributed by atoms with Gasteiger partial charge in [0, 0.05) is 53.0 Å². The van der Waals surface area contributed by atoms with E-state index in [1.54, 1.807) is 7.11 Å². The summed E-state index contributed by atoms with van der Waals surface area (Å²) in [5.74, 6) is 1.50. The quantitative estimate of drug-likeness (QED) is 0.794. The third-order valence-electron chi connectivity index (χ3n) is 4.36. The molecule has 7 nitrogen and oxygen atoms in total. The lowest BCUT2D eigenvalue weighted by atomic mass is 10.2. The Bertz CT molecular complexity index is 559. The normalized spacial score (nSPS) is 17.1. The SMILES string of the molecule is COCCCN1CCN(C(=O)NCc2ccc3c(c2)OCO3)CC1. The van der Waals surface area contributed by atoms with Crippen molar-refractivity contribution in [1.29, 1.82) is 0 Å². The molecule has 2 aliphatic heterocycles. The van der Waals surface area contributed by atoms with E-state index >= 15 is 0 Å². The number of urea groups is 1. The number of piperazine rings is 1. The summed E-state index contributed by atoms with van der Waals surface area (Å²) in [6.07, 6.45) is 1.03. The summed E-state index contributed by atoms with van der Waals surface area (Å²) in [5, 5.41) is 2.98. The first kappa shape index (κ1) is 16.9. The number of hydrogen-bond donors (Lipinski definition) is 1. The molecule has 0 aromatic heterocycles. The number of ether oxygens (including phenoxy) is 3. The standard InChI is InChI=1S/C17H25N3O4/c1-22-10-2-5-19-6-8-20(9-7-19)17(21)18-12-14-3-4-15-16(11-14)24-13-23-15/h3-4,11H,2,5-10,12-13H2,1H3,(H,18,21). The summed E-state index contributed by atoms with van der Waals surface area (Å²) in [5.41, 5.74) is 1.01. The highest BCUT2D eigenvalue weighted by Gasteiger charge is 2.20. The van der Waals surface area contributed by atoms with E-state index in [2.05, 4.69) is 10.2 Å². The van der Waals surface area contributed by atoms with Gasteiger partial charge >= 0.3 is 6.03 Å². The maximum absolute atomic E-state index is 12.3. The van der Waals surface area contributed by atoms with Gasteiger partial charge < -0.3 is 24.4 Å². The van der Waals surface area contributed by atoms with Crippen molar-refractivity contribution in [1.82, 2.24) is 15.1 Å². The number of nitrogens with zero attached hydrogens (tertiary/aromatic N) is 2. The van der Waals surface area contributed by atoms with Crippen LogP contribution in [0.5, 0.6) is 11.5 Å². The van der Waals surface area contributed by atoms with Crippen molar-refractivity contribution in [3.8, 4) is 11.5 Å². The number of methoxy groups -OCH3 is 1. The number of fused-ring (bicyclic) bond motifs is 1. The largest absolute Gasteiger partial charge is 0.454 e. The maximum Gasteiger partial charge on any atom is 0.317 e. The van der Waals surface area contributed by atoms with Crippen LogP contribution in [-0.4, -0.2) is 69.1 Å². The Morgan fingerprint density at radius 1 is 1.21 bits per heavy atom. The van der Waals surface area contributed by atoms with Crippen LogP contribution in [0.15, 0.2) is 18.2 Å². The van der Waals surface area contributed by atoms with Gasteiger partial charge in [0.2, 0.25) is 6.79 Å². The van der Waals surface area contributed by atoms with Crippen LogP contribution < -0.4 is 14.8 Å². The highest BCUT2D eigenvalue weighted by molar-refractivity contribution is 5.74. The number of rotatable bonds is 6. The molecule has 0 bridgehead atoms. The first-order valence-electron chi connectivity index (χ1n) is 8.39. The van der Waals surface area contributed by atoms with Gasteiger partial charge in [0.1, 0.15) is 0 Å². The second-order valence-electron chi connectivity index (χ2n) is 6.02. The predicted molar refractivity (Wildman–Crippen MR) is 89.3 cm³/mol. The maximum atomic E-state index is 12.3. The van der Waals surface area contributed by atoms with Crippen molar-refractivity contribution in [2.24, 2.45) is 0 Å². The summed E-state index contributed by atoms with van der Waals surface area (Å²) in [6.45, 7) is 5.93. The summed E-state index contributed by atoms with van der Waals surface area (Å²) >= 11 is 0. The molecule has 2 amide bonds. The molecule has 0 atom stereocenters. The van der Waals surface area contributed by atoms with Crippen LogP contribution >= 0.6 is 0 Å². The predicted octanol–water partition coefficient (Wildman–Crippen LogP) is 1.28. The van der Waals surface area contributed by atoms with Crippen LogP contribution in [0, 0.1) is 0 Å². The molecule has 1 aromatic rings. The molecule has 0 aliphatic carbocycles. The minimum Gasteiger partial charge on any atom is -0.454 e. The lowest BCUT2D eigenvalue weighted by Crippen LogP contribution is -2.51. The van der Waals surface area contributed by atoms with Crippen LogP contribution in [-0.2, 0) is 11.3 Å². The molecule has 132 valence electrons. The van der Waals surface area contributed by atoms with Crippen LogP contribution in [0.25, 0.3) is 0 Å². The van der Waals surface area contributed by atoms with Crippen molar-refractivity contribution in [2.75, 3.05) is 53.2 Å². The fourth-order valence-electron chi connectivity index (χ4n) is 2.95. The van der Waals surface area contributed by atoms with E-state index < -0.39 is 0 Å². The van der Waals surface area contributed by atoms with Crippen LogP contribution in [0.3, 0.4) is 0 Å². The van der Waals surface area contributed by atoms with E-state index in [4.69, 9.17) is 14.2 Å². The van der Waals surface area contributed by atoms with E-state index in [1.165, 1.54) is 0 Å². The van der Waals surface area contributed by atoms with Crippen molar-refractivity contribution >= 4 is 6.03 Å². The molecular formula is C17H25N3O4. The average Bonchev–Trinajstić information content (AvgIpc) is 3.08. The van der Waals surface area contributed by atoms with Crippen molar-refractivity contribution in [3.05, 3.63) is 23.8 Å². The first-order chi connectivity index (χ1) is 11.8. The molecule has 1 N–H and O–H groups in total. The fraction of sp³-hybridized carbons (Fsp3) is 0.588. The van der Waals surface area contributed by atoms with Gasteiger partial charge in [-0.1, -0.05) is 6.07 Å². The van der Waals surface area contributed by atoms with Crippen molar-refractivity contribution in [3.63, 3.8) is 0 Å². The van der Waals surface area contributed by atoms with Crippen molar-refractivity contribution in [2.45, 2.75) is 13.0 Å². The molecule has 1 fully saturated rings. The van der Waals surface area contributed by atoms with Gasteiger partial charge in [-0.15, -0.1) is 0 Å². The molecule has 1 saturated heterocycles. The first-order valence-corrected chi connectivity index (χ1v) is 8.39. The number of hydrogen-bond acceptors (Lipinski definition) is 5. The van der Waals surface area contributed by atoms with Gasteiger partial charge in [0.05, 0.1) is 0 Å². The zero-order chi connectivity index (χ0) is 16.8. The Hall–Kier alpha value is -1.99. The topological polar surface area (TPSA) is 63.3 Å². The van der Waals surface area contributed by atoms with E-state index in [-0.39, 0.29) is 12.8 Å². The molecule has 24 heavy (non-hydrogen) atoms. The Morgan fingerprint density at radius 3 is 2.79 bits per heavy atom. The number of amides is 2. The van der Waals surface area contributed by atoms with Crippen molar-refractivity contribution < 1.29 is 19.0 Å². The molecule has 2 heterocycles. The van der Waals surface area contributed by atoms with Gasteiger partial charge in [-0.3, -0.25) is 4.90 Å². The summed E-state index contributed by atoms with van der Waals surface area (Å²) in [7, 11) is 1.72. The average molecular weight is 335 g/mol. The molecule has 0 spiro atoms. The van der Waals surface area contributed by atoms with Gasteiger partial charge in [0.25, 0.3) is 0 Å². The van der Waals surface area contributed by atoms with Crippen LogP contribution in [0.4, 0.5) is 4.79 Å². The molecule has 0 unspecified atom stereocenters. The van der Waals surface area contributed by atoms with E-state index in [0.29, 0.717) is 6.54 Å². The number of carbonyl (C=O) groups is 1. The molecule has 2 aliphatic rings. The van der Waals surface area contributed by atoms with Gasteiger partial charge in [-0.2, -0.15) is 0 Å². The smallest absolute Gasteiger partial charge is 0.317 e. The summed E-state index contributed by atoms with van der Waals surface area (Å²) in [6, 6.07) is 5.73. The molecule has 7 heteroatoms. The Balaban J connectivity index is 1.40. The number of benzene rings is 1. The Kier molecular flexibility index (Phi) is 5.77. The molecule has 1 aromatic carbocycles. The van der Waals surface area contributed by atoms with Gasteiger partial charge in [0.15, 0.2) is 11.5 Å².